The van der Waals surface area contributed by atoms with E-state index in [1.165, 1.54) is 18.2 Å². The smallest absolute Gasteiger partial charge is 0.338 e. The highest BCUT2D eigenvalue weighted by molar-refractivity contribution is 7.17. The topological polar surface area (TPSA) is 92.4 Å². The monoisotopic (exact) mass is 306 g/mol. The Morgan fingerprint density at radius 3 is 2.48 bits per heavy atom. The van der Waals surface area contributed by atoms with Crippen molar-refractivity contribution in [2.45, 2.75) is 0 Å². The minimum Gasteiger partial charge on any atom is -0.478 e. The van der Waals surface area contributed by atoms with Gasteiger partial charge in [-0.05, 0) is 29.8 Å². The van der Waals surface area contributed by atoms with Gasteiger partial charge in [-0.1, -0.05) is 18.2 Å². The van der Waals surface area contributed by atoms with Crippen molar-refractivity contribution in [3.05, 3.63) is 52.2 Å². The molecule has 2 rings (SSSR count). The number of benzene rings is 1. The van der Waals surface area contributed by atoms with Crippen LogP contribution >= 0.6 is 11.3 Å². The van der Waals surface area contributed by atoms with Crippen LogP contribution in [0.1, 0.15) is 20.8 Å². The van der Waals surface area contributed by atoms with Crippen molar-refractivity contribution >= 4 is 40.5 Å². The molecule has 0 fully saturated rings. The fourth-order valence-corrected chi connectivity index (χ4v) is 2.56. The van der Waals surface area contributed by atoms with E-state index in [1.54, 1.807) is 24.3 Å². The number of hydrogen-bond donors (Lipinski definition) is 3. The van der Waals surface area contributed by atoms with Gasteiger partial charge < -0.3 is 10.8 Å². The minimum absolute atomic E-state index is 0.0300. The molecule has 0 unspecified atom stereocenters. The molecule has 5 nitrogen and oxygen atoms in total. The molecule has 1 heterocycles. The van der Waals surface area contributed by atoms with Gasteiger partial charge in [0.25, 0.3) is 0 Å². The molecule has 2 amide bonds. The zero-order valence-corrected chi connectivity index (χ0v) is 11.5. The Balaban J connectivity index is 2.25. The van der Waals surface area contributed by atoms with Gasteiger partial charge in [0.1, 0.15) is 10.8 Å². The molecule has 0 saturated carbocycles. The number of rotatable bonds is 4. The molecule has 108 valence electrons. The average Bonchev–Trinajstić information content (AvgIpc) is 2.80. The van der Waals surface area contributed by atoms with Gasteiger partial charge in [-0.25, -0.2) is 14.0 Å². The van der Waals surface area contributed by atoms with Crippen molar-refractivity contribution in [1.82, 2.24) is 0 Å². The summed E-state index contributed by atoms with van der Waals surface area (Å²) in [6.45, 7) is 0. The SMILES string of the molecule is NC(=O)Nc1sc(C=Cc2ccc(F)cc2)cc1C(=O)O. The molecule has 4 N–H and O–H groups in total. The van der Waals surface area contributed by atoms with Crippen molar-refractivity contribution in [2.24, 2.45) is 5.73 Å². The van der Waals surface area contributed by atoms with E-state index in [0.717, 1.165) is 16.9 Å². The molecule has 21 heavy (non-hydrogen) atoms. The summed E-state index contributed by atoms with van der Waals surface area (Å²) in [5, 5.41) is 11.5. The van der Waals surface area contributed by atoms with E-state index in [4.69, 9.17) is 10.8 Å². The molecule has 0 bridgehead atoms. The van der Waals surface area contributed by atoms with E-state index in [2.05, 4.69) is 5.32 Å². The van der Waals surface area contributed by atoms with Crippen LogP contribution in [-0.4, -0.2) is 17.1 Å². The van der Waals surface area contributed by atoms with Crippen LogP contribution in [0.5, 0.6) is 0 Å². The van der Waals surface area contributed by atoms with Gasteiger partial charge in [-0.2, -0.15) is 0 Å². The Hall–Kier alpha value is -2.67. The maximum absolute atomic E-state index is 12.8. The number of halogens is 1. The summed E-state index contributed by atoms with van der Waals surface area (Å²) >= 11 is 1.08. The number of hydrogen-bond acceptors (Lipinski definition) is 3. The summed E-state index contributed by atoms with van der Waals surface area (Å²) in [5.74, 6) is -1.49. The van der Waals surface area contributed by atoms with E-state index < -0.39 is 12.0 Å². The number of carboxylic acid groups (broad SMARTS) is 1. The summed E-state index contributed by atoms with van der Waals surface area (Å²) in [5.41, 5.74) is 5.73. The van der Waals surface area contributed by atoms with Crippen LogP contribution < -0.4 is 11.1 Å². The van der Waals surface area contributed by atoms with Crippen molar-refractivity contribution in [3.63, 3.8) is 0 Å². The highest BCUT2D eigenvalue weighted by atomic mass is 32.1. The summed E-state index contributed by atoms with van der Waals surface area (Å²) in [4.78, 5) is 22.5. The maximum Gasteiger partial charge on any atom is 0.338 e. The second kappa shape index (κ2) is 6.19. The maximum atomic E-state index is 12.8. The Kier molecular flexibility index (Phi) is 4.34. The molecule has 1 aromatic carbocycles. The number of thiophene rings is 1. The number of carbonyl (C=O) groups is 2. The van der Waals surface area contributed by atoms with Gasteiger partial charge in [0.05, 0.1) is 5.56 Å². The number of carbonyl (C=O) groups excluding carboxylic acids is 1. The first kappa shape index (κ1) is 14.7. The predicted molar refractivity (Wildman–Crippen MR) is 79.8 cm³/mol. The number of primary amides is 1. The van der Waals surface area contributed by atoms with E-state index in [1.807, 2.05) is 0 Å². The molecular weight excluding hydrogens is 295 g/mol. The lowest BCUT2D eigenvalue weighted by atomic mass is 10.2. The average molecular weight is 306 g/mol. The second-order valence-electron chi connectivity index (χ2n) is 4.07. The van der Waals surface area contributed by atoms with Crippen molar-refractivity contribution in [3.8, 4) is 0 Å². The van der Waals surface area contributed by atoms with Crippen LogP contribution in [0.25, 0.3) is 12.2 Å². The van der Waals surface area contributed by atoms with Crippen molar-refractivity contribution < 1.29 is 19.1 Å². The van der Waals surface area contributed by atoms with E-state index in [0.29, 0.717) is 4.88 Å². The number of nitrogens with one attached hydrogen (secondary N) is 1. The van der Waals surface area contributed by atoms with Gasteiger partial charge in [0.2, 0.25) is 0 Å². The van der Waals surface area contributed by atoms with Gasteiger partial charge in [-0.3, -0.25) is 5.32 Å². The van der Waals surface area contributed by atoms with E-state index in [-0.39, 0.29) is 16.4 Å². The number of carboxylic acids is 1. The number of amides is 2. The van der Waals surface area contributed by atoms with Crippen LogP contribution in [-0.2, 0) is 0 Å². The van der Waals surface area contributed by atoms with Crippen LogP contribution in [0.3, 0.4) is 0 Å². The molecule has 0 aliphatic carbocycles. The Labute approximate surface area is 123 Å². The molecule has 1 aromatic heterocycles. The Morgan fingerprint density at radius 2 is 1.90 bits per heavy atom. The third-order valence-electron chi connectivity index (χ3n) is 2.53. The Bertz CT molecular complexity index is 708. The standard InChI is InChI=1S/C14H11FN2O3S/c15-9-4-1-8(2-5-9)3-6-10-7-11(13(18)19)12(21-10)17-14(16)20/h1-7H,(H,18,19)(H3,16,17,20). The molecular formula is C14H11FN2O3S. The number of anilines is 1. The lowest BCUT2D eigenvalue weighted by Crippen LogP contribution is -2.19. The third kappa shape index (κ3) is 3.90. The Morgan fingerprint density at radius 1 is 1.24 bits per heavy atom. The molecule has 7 heteroatoms. The van der Waals surface area contributed by atoms with Crippen LogP contribution in [0, 0.1) is 5.82 Å². The molecule has 0 saturated heterocycles. The number of aromatic carboxylic acids is 1. The van der Waals surface area contributed by atoms with Crippen LogP contribution in [0.4, 0.5) is 14.2 Å². The molecule has 0 spiro atoms. The molecule has 0 radical (unpaired) electrons. The second-order valence-corrected chi connectivity index (χ2v) is 5.15. The number of urea groups is 1. The van der Waals surface area contributed by atoms with Crippen molar-refractivity contribution in [1.29, 1.82) is 0 Å². The summed E-state index contributed by atoms with van der Waals surface area (Å²) < 4.78 is 12.8. The highest BCUT2D eigenvalue weighted by Gasteiger charge is 2.15. The normalized spacial score (nSPS) is 10.7. The van der Waals surface area contributed by atoms with Crippen molar-refractivity contribution in [2.75, 3.05) is 5.32 Å². The van der Waals surface area contributed by atoms with Gasteiger partial charge in [-0.15, -0.1) is 11.3 Å². The summed E-state index contributed by atoms with van der Waals surface area (Å²) in [6, 6.07) is 6.46. The predicted octanol–water partition coefficient (Wildman–Crippen LogP) is 3.25. The quantitative estimate of drug-likeness (QED) is 0.809. The summed E-state index contributed by atoms with van der Waals surface area (Å²) in [7, 11) is 0. The first-order chi connectivity index (χ1) is 9.95. The van der Waals surface area contributed by atoms with E-state index in [9.17, 15) is 14.0 Å². The summed E-state index contributed by atoms with van der Waals surface area (Å²) in [6.07, 6.45) is 3.39. The lowest BCUT2D eigenvalue weighted by Gasteiger charge is -1.98. The first-order valence-electron chi connectivity index (χ1n) is 5.83. The number of nitrogens with two attached hydrogens (primary N) is 1. The minimum atomic E-state index is -1.16. The fraction of sp³-hybridized carbons (Fsp3) is 0. The molecule has 0 atom stereocenters. The highest BCUT2D eigenvalue weighted by Crippen LogP contribution is 2.29. The fourth-order valence-electron chi connectivity index (χ4n) is 1.61. The largest absolute Gasteiger partial charge is 0.478 e. The first-order valence-corrected chi connectivity index (χ1v) is 6.64. The lowest BCUT2D eigenvalue weighted by molar-refractivity contribution is 0.0698. The molecule has 0 aliphatic heterocycles. The molecule has 2 aromatic rings. The zero-order valence-electron chi connectivity index (χ0n) is 10.7. The van der Waals surface area contributed by atoms with Gasteiger partial charge in [0.15, 0.2) is 0 Å². The van der Waals surface area contributed by atoms with Gasteiger partial charge >= 0.3 is 12.0 Å². The zero-order chi connectivity index (χ0) is 15.4. The third-order valence-corrected chi connectivity index (χ3v) is 3.54. The van der Waals surface area contributed by atoms with Gasteiger partial charge in [0, 0.05) is 4.88 Å². The molecule has 0 aliphatic rings. The van der Waals surface area contributed by atoms with E-state index >= 15 is 0 Å². The van der Waals surface area contributed by atoms with Crippen LogP contribution in [0.2, 0.25) is 0 Å². The van der Waals surface area contributed by atoms with Crippen LogP contribution in [0.15, 0.2) is 30.3 Å².